The minimum atomic E-state index is -0.941. The number of carboxylic acid groups (broad SMARTS) is 1. The molecule has 0 radical (unpaired) electrons. The topological polar surface area (TPSA) is 60.9 Å². The van der Waals surface area contributed by atoms with Gasteiger partial charge in [-0.25, -0.2) is 0 Å². The Bertz CT molecular complexity index is 286. The molecule has 0 bridgehead atoms. The van der Waals surface area contributed by atoms with E-state index in [1.807, 2.05) is 6.92 Å². The van der Waals surface area contributed by atoms with Crippen LogP contribution in [0.4, 0.5) is 0 Å². The molecule has 18 heavy (non-hydrogen) atoms. The molecule has 1 saturated heterocycles. The maximum Gasteiger partial charge on any atom is 0.323 e. The Hall–Kier alpha value is -1.10. The highest BCUT2D eigenvalue weighted by Gasteiger charge is 2.21. The molecule has 5 heteroatoms. The van der Waals surface area contributed by atoms with Crippen molar-refractivity contribution < 1.29 is 14.7 Å². The lowest BCUT2D eigenvalue weighted by Crippen LogP contribution is -2.45. The molecule has 1 heterocycles. The van der Waals surface area contributed by atoms with Crippen LogP contribution >= 0.6 is 0 Å². The van der Waals surface area contributed by atoms with Crippen LogP contribution in [0.25, 0.3) is 0 Å². The molecule has 1 amide bonds. The molecule has 0 spiro atoms. The second-order valence-electron chi connectivity index (χ2n) is 5.17. The van der Waals surface area contributed by atoms with Crippen LogP contribution in [0.15, 0.2) is 0 Å². The van der Waals surface area contributed by atoms with Gasteiger partial charge in [0.05, 0.1) is 6.54 Å². The minimum absolute atomic E-state index is 0.0613. The SMILES string of the molecule is CCCN(CC(=O)O)C(=O)CN1CCC(C)CC1. The highest BCUT2D eigenvalue weighted by Crippen LogP contribution is 2.15. The van der Waals surface area contributed by atoms with E-state index in [-0.39, 0.29) is 12.5 Å². The number of piperidine rings is 1. The Morgan fingerprint density at radius 1 is 1.33 bits per heavy atom. The molecule has 0 atom stereocenters. The normalized spacial score (nSPS) is 17.7. The molecule has 0 aliphatic carbocycles. The van der Waals surface area contributed by atoms with Gasteiger partial charge in [-0.05, 0) is 38.3 Å². The second kappa shape index (κ2) is 7.36. The predicted octanol–water partition coefficient (Wildman–Crippen LogP) is 1.04. The van der Waals surface area contributed by atoms with E-state index in [0.29, 0.717) is 13.1 Å². The monoisotopic (exact) mass is 256 g/mol. The summed E-state index contributed by atoms with van der Waals surface area (Å²) in [5.74, 6) is -0.264. The van der Waals surface area contributed by atoms with Crippen LogP contribution in [0.2, 0.25) is 0 Å². The van der Waals surface area contributed by atoms with Gasteiger partial charge in [-0.2, -0.15) is 0 Å². The van der Waals surface area contributed by atoms with Gasteiger partial charge in [-0.15, -0.1) is 0 Å². The van der Waals surface area contributed by atoms with Gasteiger partial charge >= 0.3 is 5.97 Å². The molecule has 1 aliphatic rings. The molecular formula is C13H24N2O3. The van der Waals surface area contributed by atoms with Crippen LogP contribution in [-0.2, 0) is 9.59 Å². The second-order valence-corrected chi connectivity index (χ2v) is 5.17. The summed E-state index contributed by atoms with van der Waals surface area (Å²) in [4.78, 5) is 26.3. The summed E-state index contributed by atoms with van der Waals surface area (Å²) in [6, 6.07) is 0. The van der Waals surface area contributed by atoms with Crippen molar-refractivity contribution in [2.24, 2.45) is 5.92 Å². The Labute approximate surface area is 109 Å². The van der Waals surface area contributed by atoms with Crippen molar-refractivity contribution in [3.05, 3.63) is 0 Å². The van der Waals surface area contributed by atoms with Crippen molar-refractivity contribution in [1.29, 1.82) is 0 Å². The van der Waals surface area contributed by atoms with Gasteiger partial charge in [0, 0.05) is 6.54 Å². The quantitative estimate of drug-likeness (QED) is 0.771. The smallest absolute Gasteiger partial charge is 0.323 e. The Kier molecular flexibility index (Phi) is 6.12. The number of aliphatic carboxylic acids is 1. The fourth-order valence-corrected chi connectivity index (χ4v) is 2.24. The van der Waals surface area contributed by atoms with Crippen LogP contribution in [0.3, 0.4) is 0 Å². The van der Waals surface area contributed by atoms with Crippen molar-refractivity contribution in [3.63, 3.8) is 0 Å². The molecular weight excluding hydrogens is 232 g/mol. The molecule has 1 aliphatic heterocycles. The number of carbonyl (C=O) groups is 2. The van der Waals surface area contributed by atoms with E-state index in [0.717, 1.165) is 38.3 Å². The van der Waals surface area contributed by atoms with E-state index in [4.69, 9.17) is 5.11 Å². The van der Waals surface area contributed by atoms with Crippen LogP contribution in [0.5, 0.6) is 0 Å². The molecule has 0 aromatic carbocycles. The van der Waals surface area contributed by atoms with E-state index in [1.54, 1.807) is 0 Å². The van der Waals surface area contributed by atoms with Crippen molar-refractivity contribution in [3.8, 4) is 0 Å². The summed E-state index contributed by atoms with van der Waals surface area (Å²) in [7, 11) is 0. The summed E-state index contributed by atoms with van der Waals surface area (Å²) in [5, 5.41) is 8.79. The number of likely N-dealkylation sites (tertiary alicyclic amines) is 1. The summed E-state index contributed by atoms with van der Waals surface area (Å²) < 4.78 is 0. The van der Waals surface area contributed by atoms with Gasteiger partial charge in [0.25, 0.3) is 0 Å². The maximum absolute atomic E-state index is 12.0. The number of carbonyl (C=O) groups excluding carboxylic acids is 1. The fraction of sp³-hybridized carbons (Fsp3) is 0.846. The predicted molar refractivity (Wildman–Crippen MR) is 69.3 cm³/mol. The van der Waals surface area contributed by atoms with Crippen molar-refractivity contribution in [2.75, 3.05) is 32.7 Å². The van der Waals surface area contributed by atoms with E-state index >= 15 is 0 Å². The van der Waals surface area contributed by atoms with Crippen LogP contribution in [0.1, 0.15) is 33.1 Å². The highest BCUT2D eigenvalue weighted by molar-refractivity contribution is 5.82. The first-order chi connectivity index (χ1) is 8.52. The maximum atomic E-state index is 12.0. The minimum Gasteiger partial charge on any atom is -0.480 e. The molecule has 1 N–H and O–H groups in total. The van der Waals surface area contributed by atoms with Crippen LogP contribution in [-0.4, -0.2) is 59.5 Å². The largest absolute Gasteiger partial charge is 0.480 e. The number of amides is 1. The standard InChI is InChI=1S/C13H24N2O3/c1-3-6-15(10-13(17)18)12(16)9-14-7-4-11(2)5-8-14/h11H,3-10H2,1-2H3,(H,17,18). The van der Waals surface area contributed by atoms with Gasteiger partial charge in [0.2, 0.25) is 5.91 Å². The van der Waals surface area contributed by atoms with Crippen LogP contribution in [0, 0.1) is 5.92 Å². The van der Waals surface area contributed by atoms with Crippen molar-refractivity contribution in [2.45, 2.75) is 33.1 Å². The zero-order chi connectivity index (χ0) is 13.5. The third-order valence-corrected chi connectivity index (χ3v) is 3.41. The summed E-state index contributed by atoms with van der Waals surface area (Å²) >= 11 is 0. The van der Waals surface area contributed by atoms with Gasteiger partial charge < -0.3 is 10.0 Å². The fourth-order valence-electron chi connectivity index (χ4n) is 2.24. The van der Waals surface area contributed by atoms with E-state index in [1.165, 1.54) is 4.90 Å². The summed E-state index contributed by atoms with van der Waals surface area (Å²) in [5.41, 5.74) is 0. The molecule has 0 aromatic heterocycles. The van der Waals surface area contributed by atoms with Crippen LogP contribution < -0.4 is 0 Å². The third kappa shape index (κ3) is 5.04. The molecule has 0 saturated carbocycles. The van der Waals surface area contributed by atoms with Gasteiger partial charge in [-0.3, -0.25) is 14.5 Å². The molecule has 104 valence electrons. The molecule has 1 fully saturated rings. The Morgan fingerprint density at radius 3 is 2.44 bits per heavy atom. The zero-order valence-corrected chi connectivity index (χ0v) is 11.4. The number of hydrogen-bond acceptors (Lipinski definition) is 3. The van der Waals surface area contributed by atoms with Gasteiger partial charge in [0.1, 0.15) is 6.54 Å². The van der Waals surface area contributed by atoms with E-state index in [9.17, 15) is 9.59 Å². The molecule has 1 rings (SSSR count). The van der Waals surface area contributed by atoms with Crippen molar-refractivity contribution in [1.82, 2.24) is 9.80 Å². The highest BCUT2D eigenvalue weighted by atomic mass is 16.4. The number of hydrogen-bond donors (Lipinski definition) is 1. The summed E-state index contributed by atoms with van der Waals surface area (Å²) in [6.07, 6.45) is 3.04. The zero-order valence-electron chi connectivity index (χ0n) is 11.4. The lowest BCUT2D eigenvalue weighted by atomic mass is 9.99. The first kappa shape index (κ1) is 15.0. The molecule has 5 nitrogen and oxygen atoms in total. The first-order valence-corrected chi connectivity index (χ1v) is 6.74. The first-order valence-electron chi connectivity index (χ1n) is 6.74. The Balaban J connectivity index is 2.42. The lowest BCUT2D eigenvalue weighted by molar-refractivity contribution is -0.145. The van der Waals surface area contributed by atoms with E-state index < -0.39 is 5.97 Å². The average molecular weight is 256 g/mol. The number of nitrogens with zero attached hydrogens (tertiary/aromatic N) is 2. The van der Waals surface area contributed by atoms with Gasteiger partial charge in [0.15, 0.2) is 0 Å². The van der Waals surface area contributed by atoms with Gasteiger partial charge in [-0.1, -0.05) is 13.8 Å². The van der Waals surface area contributed by atoms with Crippen molar-refractivity contribution >= 4 is 11.9 Å². The average Bonchev–Trinajstić information content (AvgIpc) is 2.31. The third-order valence-electron chi connectivity index (χ3n) is 3.41. The number of rotatable bonds is 6. The lowest BCUT2D eigenvalue weighted by Gasteiger charge is -2.31. The molecule has 0 aromatic rings. The molecule has 0 unspecified atom stereocenters. The summed E-state index contributed by atoms with van der Waals surface area (Å²) in [6.45, 7) is 6.77. The van der Waals surface area contributed by atoms with E-state index in [2.05, 4.69) is 11.8 Å². The number of carboxylic acids is 1. The Morgan fingerprint density at radius 2 is 1.94 bits per heavy atom.